The van der Waals surface area contributed by atoms with E-state index in [1.165, 1.54) is 83.5 Å². The topological polar surface area (TPSA) is 85.7 Å². The van der Waals surface area contributed by atoms with E-state index in [2.05, 4.69) is 23.8 Å². The Hall–Kier alpha value is -1.72. The van der Waals surface area contributed by atoms with Crippen molar-refractivity contribution in [3.05, 3.63) is 11.6 Å². The fraction of sp³-hybridized carbons (Fsp3) is 0.833. The molecule has 0 atom stereocenters. The Morgan fingerprint density at radius 1 is 0.833 bits per heavy atom. The molecule has 1 heterocycles. The zero-order valence-electron chi connectivity index (χ0n) is 19.6. The molecule has 0 unspecified atom stereocenters. The van der Waals surface area contributed by atoms with Crippen LogP contribution < -0.4 is 16.0 Å². The molecule has 6 heteroatoms. The molecule has 0 radical (unpaired) electrons. The Morgan fingerprint density at radius 3 is 1.87 bits per heavy atom. The number of ether oxygens (including phenoxy) is 1. The van der Waals surface area contributed by atoms with Crippen molar-refractivity contribution in [1.82, 2.24) is 9.71 Å². The minimum Gasteiger partial charge on any atom is -0.477 e. The zero-order valence-corrected chi connectivity index (χ0v) is 19.6. The molecule has 0 saturated carbocycles. The number of hydrogen-bond donors (Lipinski definition) is 2. The van der Waals surface area contributed by atoms with Gasteiger partial charge in [-0.05, 0) is 12.8 Å². The number of nitrogens with zero attached hydrogens (tertiary/aromatic N) is 3. The fourth-order valence-electron chi connectivity index (χ4n) is 3.49. The number of unbranched alkanes of at least 4 members (excludes halogenated alkanes) is 14. The molecule has 0 fully saturated rings. The fourth-order valence-corrected chi connectivity index (χ4v) is 3.49. The second kappa shape index (κ2) is 18.1. The van der Waals surface area contributed by atoms with E-state index in [0.717, 1.165) is 24.0 Å². The van der Waals surface area contributed by atoms with Gasteiger partial charge in [-0.25, -0.2) is 0 Å². The highest BCUT2D eigenvalue weighted by atomic mass is 16.5. The van der Waals surface area contributed by atoms with Crippen molar-refractivity contribution in [1.29, 1.82) is 0 Å². The number of rotatable bonds is 19. The van der Waals surface area contributed by atoms with E-state index in [4.69, 9.17) is 10.5 Å². The van der Waals surface area contributed by atoms with Gasteiger partial charge in [0.1, 0.15) is 0 Å². The van der Waals surface area contributed by atoms with Crippen molar-refractivity contribution in [3.8, 4) is 5.88 Å². The molecule has 174 valence electrons. The van der Waals surface area contributed by atoms with Crippen molar-refractivity contribution in [2.24, 2.45) is 4.99 Å². The summed E-state index contributed by atoms with van der Waals surface area (Å²) in [5.74, 6) is 0.426. The van der Waals surface area contributed by atoms with Gasteiger partial charge in [-0.2, -0.15) is 4.98 Å². The Balaban J connectivity index is 2.09. The molecule has 0 aliphatic carbocycles. The molecule has 3 N–H and O–H groups in total. The number of aromatic nitrogens is 2. The highest BCUT2D eigenvalue weighted by Crippen LogP contribution is 2.13. The molecule has 0 aromatic carbocycles. The van der Waals surface area contributed by atoms with Crippen LogP contribution in [0.2, 0.25) is 0 Å². The van der Waals surface area contributed by atoms with Crippen LogP contribution in [0.25, 0.3) is 0 Å². The van der Waals surface area contributed by atoms with Gasteiger partial charge in [0, 0.05) is 12.6 Å². The smallest absolute Gasteiger partial charge is 0.239 e. The Kier molecular flexibility index (Phi) is 15.9. The van der Waals surface area contributed by atoms with Crippen LogP contribution in [-0.4, -0.2) is 28.1 Å². The van der Waals surface area contributed by atoms with E-state index in [-0.39, 0.29) is 5.95 Å². The van der Waals surface area contributed by atoms with Crippen molar-refractivity contribution in [3.63, 3.8) is 0 Å². The summed E-state index contributed by atoms with van der Waals surface area (Å²) in [4.78, 5) is 8.50. The second-order valence-electron chi connectivity index (χ2n) is 8.30. The van der Waals surface area contributed by atoms with Gasteiger partial charge in [0.15, 0.2) is 5.49 Å². The molecule has 1 aromatic heterocycles. The molecule has 1 aromatic rings. The van der Waals surface area contributed by atoms with Gasteiger partial charge in [0.25, 0.3) is 0 Å². The quantitative estimate of drug-likeness (QED) is 0.203. The first-order valence-electron chi connectivity index (χ1n) is 12.4. The van der Waals surface area contributed by atoms with Crippen LogP contribution in [0.15, 0.2) is 11.1 Å². The third-order valence-electron chi connectivity index (χ3n) is 5.44. The molecule has 30 heavy (non-hydrogen) atoms. The number of nitrogens with two attached hydrogens (primary N) is 1. The average molecular weight is 423 g/mol. The van der Waals surface area contributed by atoms with Crippen molar-refractivity contribution in [2.45, 2.75) is 117 Å². The molecule has 0 amide bonds. The predicted octanol–water partition coefficient (Wildman–Crippen LogP) is 6.26. The van der Waals surface area contributed by atoms with Crippen LogP contribution in [0.1, 0.15) is 117 Å². The lowest BCUT2D eigenvalue weighted by molar-refractivity contribution is 0.171. The molecule has 0 saturated heterocycles. The highest BCUT2D eigenvalue weighted by molar-refractivity contribution is 5.21. The van der Waals surface area contributed by atoms with Crippen LogP contribution in [0, 0.1) is 0 Å². The summed E-state index contributed by atoms with van der Waals surface area (Å²) in [5.41, 5.74) is 6.15. The third-order valence-corrected chi connectivity index (χ3v) is 5.44. The molecule has 0 aliphatic rings. The normalized spacial score (nSPS) is 11.9. The van der Waals surface area contributed by atoms with Gasteiger partial charge >= 0.3 is 0 Å². The van der Waals surface area contributed by atoms with E-state index in [9.17, 15) is 5.21 Å². The summed E-state index contributed by atoms with van der Waals surface area (Å²) < 4.78 is 6.41. The largest absolute Gasteiger partial charge is 0.477 e. The van der Waals surface area contributed by atoms with Crippen LogP contribution in [-0.2, 0) is 0 Å². The minimum atomic E-state index is 0.00343. The van der Waals surface area contributed by atoms with Gasteiger partial charge in [-0.1, -0.05) is 104 Å². The van der Waals surface area contributed by atoms with E-state index in [1.54, 1.807) is 6.07 Å². The molecule has 0 bridgehead atoms. The lowest BCUT2D eigenvalue weighted by Crippen LogP contribution is -2.24. The first kappa shape index (κ1) is 26.3. The second-order valence-corrected chi connectivity index (χ2v) is 8.30. The summed E-state index contributed by atoms with van der Waals surface area (Å²) in [6.07, 6.45) is 20.7. The van der Waals surface area contributed by atoms with Crippen LogP contribution in [0.5, 0.6) is 5.88 Å². The van der Waals surface area contributed by atoms with Crippen LogP contribution >= 0.6 is 0 Å². The van der Waals surface area contributed by atoms with Crippen molar-refractivity contribution >= 4 is 5.95 Å². The van der Waals surface area contributed by atoms with Gasteiger partial charge in [-0.3, -0.25) is 4.99 Å². The van der Waals surface area contributed by atoms with Gasteiger partial charge in [0.2, 0.25) is 11.8 Å². The summed E-state index contributed by atoms with van der Waals surface area (Å²) in [7, 11) is 0. The summed E-state index contributed by atoms with van der Waals surface area (Å²) in [5, 5.41) is 9.99. The predicted molar refractivity (Wildman–Crippen MR) is 125 cm³/mol. The lowest BCUT2D eigenvalue weighted by Gasteiger charge is -2.08. The standard InChI is InChI=1S/C24H46N4O2/c1-3-5-7-8-9-10-11-12-13-14-15-16-17-18-19-26-22-21-23(30-20-6-4-2)27-24(25)28(22)29/h21,29H,3-20H2,1-2H3,(H2,25,27). The monoisotopic (exact) mass is 422 g/mol. The highest BCUT2D eigenvalue weighted by Gasteiger charge is 2.04. The molecule has 0 spiro atoms. The first-order valence-corrected chi connectivity index (χ1v) is 12.4. The lowest BCUT2D eigenvalue weighted by atomic mass is 10.0. The molecule has 1 rings (SSSR count). The number of nitrogen functional groups attached to an aromatic ring is 1. The van der Waals surface area contributed by atoms with E-state index >= 15 is 0 Å². The van der Waals surface area contributed by atoms with E-state index in [0.29, 0.717) is 24.5 Å². The molecular weight excluding hydrogens is 376 g/mol. The minimum absolute atomic E-state index is 0.00343. The first-order chi connectivity index (χ1) is 14.7. The summed E-state index contributed by atoms with van der Waals surface area (Å²) >= 11 is 0. The van der Waals surface area contributed by atoms with Crippen LogP contribution in [0.3, 0.4) is 0 Å². The van der Waals surface area contributed by atoms with Crippen LogP contribution in [0.4, 0.5) is 5.95 Å². The Labute approximate surface area is 183 Å². The molecule has 6 nitrogen and oxygen atoms in total. The van der Waals surface area contributed by atoms with E-state index in [1.807, 2.05) is 0 Å². The Morgan fingerprint density at radius 2 is 1.33 bits per heavy atom. The van der Waals surface area contributed by atoms with E-state index < -0.39 is 0 Å². The van der Waals surface area contributed by atoms with Gasteiger partial charge in [-0.15, -0.1) is 4.73 Å². The van der Waals surface area contributed by atoms with Crippen molar-refractivity contribution < 1.29 is 9.94 Å². The van der Waals surface area contributed by atoms with Crippen molar-refractivity contribution in [2.75, 3.05) is 18.9 Å². The summed E-state index contributed by atoms with van der Waals surface area (Å²) in [6, 6.07) is 1.65. The SMILES string of the molecule is CCCCCCCCCCCCCCCCN=c1cc(OCCCC)nc(N)n1O. The Bertz CT molecular complexity index is 601. The third kappa shape index (κ3) is 12.8. The number of hydrogen-bond acceptors (Lipinski definition) is 5. The average Bonchev–Trinajstić information content (AvgIpc) is 2.74. The number of anilines is 1. The maximum absolute atomic E-state index is 9.99. The molecule has 0 aliphatic heterocycles. The summed E-state index contributed by atoms with van der Waals surface area (Å²) in [6.45, 7) is 5.65. The van der Waals surface area contributed by atoms with Gasteiger partial charge < -0.3 is 15.7 Å². The zero-order chi connectivity index (χ0) is 21.9. The van der Waals surface area contributed by atoms with Gasteiger partial charge in [0.05, 0.1) is 6.61 Å². The molecular formula is C24H46N4O2. The maximum atomic E-state index is 9.99. The maximum Gasteiger partial charge on any atom is 0.239 e.